The number of aromatic nitrogens is 3. The van der Waals surface area contributed by atoms with Crippen LogP contribution in [-0.4, -0.2) is 51.3 Å². The minimum absolute atomic E-state index is 0.0260. The molecule has 0 radical (unpaired) electrons. The van der Waals surface area contributed by atoms with Crippen molar-refractivity contribution < 1.29 is 22.7 Å². The lowest BCUT2D eigenvalue weighted by Crippen LogP contribution is -2.44. The normalized spacial score (nSPS) is 15.2. The molecule has 3 heterocycles. The second-order valence-corrected chi connectivity index (χ2v) is 7.68. The van der Waals surface area contributed by atoms with Gasteiger partial charge in [-0.1, -0.05) is 18.2 Å². The van der Waals surface area contributed by atoms with Crippen molar-refractivity contribution in [3.63, 3.8) is 0 Å². The number of hydrogen-bond acceptors (Lipinski definition) is 6. The summed E-state index contributed by atoms with van der Waals surface area (Å²) < 4.78 is 42.0. The Morgan fingerprint density at radius 2 is 1.73 bits per heavy atom. The first kappa shape index (κ1) is 22.7. The summed E-state index contributed by atoms with van der Waals surface area (Å²) in [7, 11) is 0. The minimum atomic E-state index is -4.83. The Morgan fingerprint density at radius 1 is 1.03 bits per heavy atom. The topological polar surface area (TPSA) is 80.2 Å². The van der Waals surface area contributed by atoms with Gasteiger partial charge in [-0.2, -0.15) is 0 Å². The van der Waals surface area contributed by atoms with Crippen molar-refractivity contribution in [3.05, 3.63) is 72.3 Å². The number of hydrogen-bond donors (Lipinski definition) is 1. The number of carbonyl (C=O) groups is 1. The molecule has 1 aliphatic rings. The van der Waals surface area contributed by atoms with Crippen LogP contribution in [0.2, 0.25) is 0 Å². The van der Waals surface area contributed by atoms with Crippen LogP contribution in [0.25, 0.3) is 11.4 Å². The molecule has 1 N–H and O–H groups in total. The van der Waals surface area contributed by atoms with Crippen molar-refractivity contribution in [1.29, 1.82) is 0 Å². The van der Waals surface area contributed by atoms with Crippen LogP contribution in [0.4, 0.5) is 13.2 Å². The Balaban J connectivity index is 1.33. The number of rotatable bonds is 6. The van der Waals surface area contributed by atoms with Crippen molar-refractivity contribution in [2.45, 2.75) is 31.8 Å². The molecule has 7 nitrogen and oxygen atoms in total. The largest absolute Gasteiger partial charge is 0.573 e. The van der Waals surface area contributed by atoms with Crippen LogP contribution < -0.4 is 10.1 Å². The van der Waals surface area contributed by atoms with E-state index in [1.807, 2.05) is 18.2 Å². The van der Waals surface area contributed by atoms with Crippen LogP contribution in [0, 0.1) is 0 Å². The van der Waals surface area contributed by atoms with E-state index in [1.54, 1.807) is 12.3 Å². The van der Waals surface area contributed by atoms with Crippen LogP contribution in [0.3, 0.4) is 0 Å². The zero-order chi connectivity index (χ0) is 23.3. The first-order valence-corrected chi connectivity index (χ1v) is 10.5. The summed E-state index contributed by atoms with van der Waals surface area (Å²) in [5.41, 5.74) is 1.34. The molecule has 4 rings (SSSR count). The maximum atomic E-state index is 12.6. The minimum Gasteiger partial charge on any atom is -0.405 e. The Bertz CT molecular complexity index is 1070. The number of likely N-dealkylation sites (tertiary alicyclic amines) is 1. The number of piperidine rings is 1. The maximum absolute atomic E-state index is 12.6. The molecule has 0 bridgehead atoms. The molecule has 33 heavy (non-hydrogen) atoms. The summed E-state index contributed by atoms with van der Waals surface area (Å²) in [6.45, 7) is 2.45. The van der Waals surface area contributed by atoms with Gasteiger partial charge in [0.05, 0.1) is 16.8 Å². The number of amides is 1. The van der Waals surface area contributed by atoms with Crippen LogP contribution in [0.5, 0.6) is 5.75 Å². The predicted octanol–water partition coefficient (Wildman–Crippen LogP) is 3.83. The predicted molar refractivity (Wildman–Crippen MR) is 114 cm³/mol. The van der Waals surface area contributed by atoms with Gasteiger partial charge in [0.15, 0.2) is 5.82 Å². The summed E-state index contributed by atoms with van der Waals surface area (Å²) in [6, 6.07) is 11.5. The molecule has 1 saturated heterocycles. The number of benzene rings is 1. The Hall–Kier alpha value is -3.53. The third-order valence-electron chi connectivity index (χ3n) is 5.30. The molecule has 1 aliphatic heterocycles. The standard InChI is InChI=1S/C23H22F3N5O2/c24-23(25,26)33-20-7-2-1-6-19(20)21-28-13-16(14-29-21)22(32)30-17-8-11-31(12-9-17)15-18-5-3-4-10-27-18/h1-7,10,13-14,17H,8-9,11-12,15H2,(H,30,32). The van der Waals surface area contributed by atoms with Gasteiger partial charge in [-0.3, -0.25) is 14.7 Å². The van der Waals surface area contributed by atoms with Gasteiger partial charge in [0.1, 0.15) is 5.75 Å². The highest BCUT2D eigenvalue weighted by atomic mass is 19.4. The smallest absolute Gasteiger partial charge is 0.405 e. The van der Waals surface area contributed by atoms with Crippen LogP contribution >= 0.6 is 0 Å². The van der Waals surface area contributed by atoms with E-state index in [0.717, 1.165) is 38.2 Å². The molecular weight excluding hydrogens is 435 g/mol. The molecule has 172 valence electrons. The van der Waals surface area contributed by atoms with Gasteiger partial charge in [-0.15, -0.1) is 13.2 Å². The average Bonchev–Trinajstić information content (AvgIpc) is 2.80. The fourth-order valence-electron chi connectivity index (χ4n) is 3.67. The quantitative estimate of drug-likeness (QED) is 0.606. The van der Waals surface area contributed by atoms with Crippen LogP contribution in [-0.2, 0) is 6.54 Å². The zero-order valence-electron chi connectivity index (χ0n) is 17.6. The Labute approximate surface area is 188 Å². The average molecular weight is 457 g/mol. The Morgan fingerprint density at radius 3 is 2.39 bits per heavy atom. The van der Waals surface area contributed by atoms with E-state index >= 15 is 0 Å². The number of nitrogens with zero attached hydrogens (tertiary/aromatic N) is 4. The van der Waals surface area contributed by atoms with Crippen molar-refractivity contribution in [2.75, 3.05) is 13.1 Å². The third-order valence-corrected chi connectivity index (χ3v) is 5.30. The fourth-order valence-corrected chi connectivity index (χ4v) is 3.67. The number of pyridine rings is 1. The van der Waals surface area contributed by atoms with Gasteiger partial charge in [0, 0.05) is 44.3 Å². The van der Waals surface area contributed by atoms with Gasteiger partial charge < -0.3 is 10.1 Å². The first-order valence-electron chi connectivity index (χ1n) is 10.5. The first-order chi connectivity index (χ1) is 15.9. The summed E-state index contributed by atoms with van der Waals surface area (Å²) >= 11 is 0. The molecule has 1 aromatic carbocycles. The van der Waals surface area contributed by atoms with Gasteiger partial charge in [-0.05, 0) is 37.1 Å². The van der Waals surface area contributed by atoms with E-state index < -0.39 is 12.1 Å². The van der Waals surface area contributed by atoms with Gasteiger partial charge in [0.2, 0.25) is 0 Å². The highest BCUT2D eigenvalue weighted by molar-refractivity contribution is 5.94. The van der Waals surface area contributed by atoms with E-state index in [0.29, 0.717) is 0 Å². The van der Waals surface area contributed by atoms with Crippen LogP contribution in [0.1, 0.15) is 28.9 Å². The molecule has 1 amide bonds. The lowest BCUT2D eigenvalue weighted by Gasteiger charge is -2.32. The van der Waals surface area contributed by atoms with E-state index in [1.165, 1.54) is 30.6 Å². The second kappa shape index (κ2) is 9.95. The van der Waals surface area contributed by atoms with Crippen molar-refractivity contribution in [3.8, 4) is 17.1 Å². The molecule has 0 atom stereocenters. The number of nitrogens with one attached hydrogen (secondary N) is 1. The van der Waals surface area contributed by atoms with Crippen molar-refractivity contribution in [2.24, 2.45) is 0 Å². The third kappa shape index (κ3) is 6.26. The molecule has 10 heteroatoms. The molecule has 0 aliphatic carbocycles. The maximum Gasteiger partial charge on any atom is 0.573 e. The number of halogens is 3. The molecule has 3 aromatic rings. The lowest BCUT2D eigenvalue weighted by molar-refractivity contribution is -0.274. The van der Waals surface area contributed by atoms with E-state index in [9.17, 15) is 18.0 Å². The molecule has 2 aromatic heterocycles. The van der Waals surface area contributed by atoms with Crippen molar-refractivity contribution in [1.82, 2.24) is 25.2 Å². The second-order valence-electron chi connectivity index (χ2n) is 7.68. The fraction of sp³-hybridized carbons (Fsp3) is 0.304. The summed E-state index contributed by atoms with van der Waals surface area (Å²) in [6.07, 6.45) is 1.16. The van der Waals surface area contributed by atoms with Gasteiger partial charge in [0.25, 0.3) is 5.91 Å². The number of para-hydroxylation sites is 1. The molecular formula is C23H22F3N5O2. The zero-order valence-corrected chi connectivity index (χ0v) is 17.6. The van der Waals surface area contributed by atoms with Crippen LogP contribution in [0.15, 0.2) is 61.1 Å². The number of carbonyl (C=O) groups excluding carboxylic acids is 1. The Kier molecular flexibility index (Phi) is 6.83. The van der Waals surface area contributed by atoms with E-state index in [-0.39, 0.29) is 28.9 Å². The number of alkyl halides is 3. The molecule has 0 saturated carbocycles. The van der Waals surface area contributed by atoms with Gasteiger partial charge >= 0.3 is 6.36 Å². The molecule has 0 unspecified atom stereocenters. The monoisotopic (exact) mass is 457 g/mol. The highest BCUT2D eigenvalue weighted by Gasteiger charge is 2.32. The van der Waals surface area contributed by atoms with E-state index in [2.05, 4.69) is 29.9 Å². The molecule has 0 spiro atoms. The van der Waals surface area contributed by atoms with E-state index in [4.69, 9.17) is 0 Å². The van der Waals surface area contributed by atoms with Gasteiger partial charge in [-0.25, -0.2) is 9.97 Å². The number of ether oxygens (including phenoxy) is 1. The molecule has 1 fully saturated rings. The summed E-state index contributed by atoms with van der Waals surface area (Å²) in [5, 5.41) is 2.99. The lowest BCUT2D eigenvalue weighted by atomic mass is 10.0. The summed E-state index contributed by atoms with van der Waals surface area (Å²) in [5.74, 6) is -0.682. The summed E-state index contributed by atoms with van der Waals surface area (Å²) in [4.78, 5) is 27.4. The SMILES string of the molecule is O=C(NC1CCN(Cc2ccccn2)CC1)c1cnc(-c2ccccc2OC(F)(F)F)nc1. The van der Waals surface area contributed by atoms with Crippen molar-refractivity contribution >= 4 is 5.91 Å². The highest BCUT2D eigenvalue weighted by Crippen LogP contribution is 2.31.